The van der Waals surface area contributed by atoms with Crippen LogP contribution in [0.25, 0.3) is 0 Å². The lowest BCUT2D eigenvalue weighted by Crippen LogP contribution is -2.37. The highest BCUT2D eigenvalue weighted by atomic mass is 32.1. The molecule has 3 aromatic carbocycles. The number of nitrogens with one attached hydrogen (secondary N) is 3. The highest BCUT2D eigenvalue weighted by Gasteiger charge is 2.21. The Morgan fingerprint density at radius 2 is 1.70 bits per heavy atom. The van der Waals surface area contributed by atoms with Crippen molar-refractivity contribution in [2.24, 2.45) is 0 Å². The first-order chi connectivity index (χ1) is 22.4. The molecular formula is C35H41N5O5S. The number of hydrogen-bond acceptors (Lipinski definition) is 8. The summed E-state index contributed by atoms with van der Waals surface area (Å²) in [7, 11) is 1.53. The van der Waals surface area contributed by atoms with E-state index in [-0.39, 0.29) is 24.1 Å². The van der Waals surface area contributed by atoms with Crippen molar-refractivity contribution in [3.63, 3.8) is 0 Å². The van der Waals surface area contributed by atoms with Gasteiger partial charge in [0.2, 0.25) is 5.06 Å². The first-order valence-electron chi connectivity index (χ1n) is 15.7. The summed E-state index contributed by atoms with van der Waals surface area (Å²) < 4.78 is 17.7. The van der Waals surface area contributed by atoms with E-state index in [1.807, 2.05) is 32.0 Å². The Hall–Kier alpha value is -4.61. The standard InChI is InChI=1S/C35H41N5O5S/c1-4-26(5-2)37-34(42)38-27-13-16-30(31(21-27)43-3)45-32-22-36-35(46-32)39-33(41)25-11-14-28(15-12-25)44-29-17-19-40(20-18-29)23-24-9-7-6-8-10-24/h6-16,21-22,26,29H,4-5,17-20,23H2,1-3H3,(H,36,39,41)(H2,37,38,42). The number of piperidine rings is 1. The van der Waals surface area contributed by atoms with Gasteiger partial charge in [0.25, 0.3) is 5.91 Å². The van der Waals surface area contributed by atoms with Gasteiger partial charge in [0, 0.05) is 43.0 Å². The molecule has 10 nitrogen and oxygen atoms in total. The Morgan fingerprint density at radius 3 is 2.39 bits per heavy atom. The van der Waals surface area contributed by atoms with Crippen molar-refractivity contribution in [2.75, 3.05) is 30.8 Å². The Bertz CT molecular complexity index is 1570. The Morgan fingerprint density at radius 1 is 0.957 bits per heavy atom. The van der Waals surface area contributed by atoms with E-state index in [2.05, 4.69) is 50.1 Å². The second kappa shape index (κ2) is 16.1. The molecule has 1 aliphatic heterocycles. The average Bonchev–Trinajstić information content (AvgIpc) is 3.52. The summed E-state index contributed by atoms with van der Waals surface area (Å²) in [6.07, 6.45) is 5.34. The van der Waals surface area contributed by atoms with Crippen molar-refractivity contribution < 1.29 is 23.8 Å². The van der Waals surface area contributed by atoms with E-state index in [4.69, 9.17) is 14.2 Å². The van der Waals surface area contributed by atoms with E-state index < -0.39 is 0 Å². The van der Waals surface area contributed by atoms with Gasteiger partial charge in [0.05, 0.1) is 13.3 Å². The molecule has 1 fully saturated rings. The smallest absolute Gasteiger partial charge is 0.319 e. The van der Waals surface area contributed by atoms with Crippen molar-refractivity contribution >= 4 is 34.1 Å². The number of rotatable bonds is 13. The maximum Gasteiger partial charge on any atom is 0.319 e. The summed E-state index contributed by atoms with van der Waals surface area (Å²) in [6, 6.07) is 22.7. The molecule has 1 aromatic heterocycles. The number of anilines is 2. The van der Waals surface area contributed by atoms with Gasteiger partial charge in [-0.2, -0.15) is 0 Å². The van der Waals surface area contributed by atoms with Gasteiger partial charge in [0.15, 0.2) is 16.6 Å². The van der Waals surface area contributed by atoms with E-state index in [9.17, 15) is 9.59 Å². The first kappa shape index (κ1) is 32.8. The molecule has 46 heavy (non-hydrogen) atoms. The topological polar surface area (TPSA) is 114 Å². The molecule has 0 atom stereocenters. The van der Waals surface area contributed by atoms with Gasteiger partial charge < -0.3 is 24.8 Å². The molecule has 3 N–H and O–H groups in total. The molecule has 0 aliphatic carbocycles. The summed E-state index contributed by atoms with van der Waals surface area (Å²) >= 11 is 1.19. The van der Waals surface area contributed by atoms with E-state index in [0.29, 0.717) is 32.9 Å². The third-order valence-corrected chi connectivity index (χ3v) is 8.65. The minimum Gasteiger partial charge on any atom is -0.493 e. The number of carbonyl (C=O) groups excluding carboxylic acids is 2. The lowest BCUT2D eigenvalue weighted by Gasteiger charge is -2.32. The number of hydrogen-bond donors (Lipinski definition) is 3. The van der Waals surface area contributed by atoms with Crippen LogP contribution in [-0.2, 0) is 6.54 Å². The van der Waals surface area contributed by atoms with Gasteiger partial charge in [-0.25, -0.2) is 9.78 Å². The van der Waals surface area contributed by atoms with E-state index >= 15 is 0 Å². The lowest BCUT2D eigenvalue weighted by atomic mass is 10.1. The molecule has 242 valence electrons. The first-order valence-corrected chi connectivity index (χ1v) is 16.5. The minimum atomic E-state index is -0.277. The summed E-state index contributed by atoms with van der Waals surface area (Å²) in [4.78, 5) is 32.0. The van der Waals surface area contributed by atoms with Gasteiger partial charge in [-0.05, 0) is 67.6 Å². The number of likely N-dealkylation sites (tertiary alicyclic amines) is 1. The minimum absolute atomic E-state index is 0.114. The summed E-state index contributed by atoms with van der Waals surface area (Å²) in [6.45, 7) is 7.01. The number of amides is 3. The van der Waals surface area contributed by atoms with E-state index in [0.717, 1.165) is 51.1 Å². The van der Waals surface area contributed by atoms with Crippen LogP contribution in [0.3, 0.4) is 0 Å². The van der Waals surface area contributed by atoms with Crippen LogP contribution in [0.2, 0.25) is 0 Å². The zero-order valence-electron chi connectivity index (χ0n) is 26.5. The summed E-state index contributed by atoms with van der Waals surface area (Å²) in [5.41, 5.74) is 2.41. The number of ether oxygens (including phenoxy) is 3. The Balaban J connectivity index is 1.09. The molecule has 11 heteroatoms. The zero-order valence-corrected chi connectivity index (χ0v) is 27.3. The number of nitrogens with zero attached hydrogens (tertiary/aromatic N) is 2. The van der Waals surface area contributed by atoms with Gasteiger partial charge >= 0.3 is 6.03 Å². The molecule has 1 aliphatic rings. The molecule has 0 spiro atoms. The van der Waals surface area contributed by atoms with Crippen LogP contribution in [0.15, 0.2) is 79.0 Å². The predicted molar refractivity (Wildman–Crippen MR) is 181 cm³/mol. The molecule has 2 heterocycles. The lowest BCUT2D eigenvalue weighted by molar-refractivity contribution is 0.0967. The Labute approximate surface area is 274 Å². The number of urea groups is 1. The van der Waals surface area contributed by atoms with Crippen molar-refractivity contribution in [3.05, 3.63) is 90.1 Å². The molecular weight excluding hydrogens is 602 g/mol. The number of carbonyl (C=O) groups is 2. The Kier molecular flexibility index (Phi) is 11.5. The van der Waals surface area contributed by atoms with Crippen molar-refractivity contribution in [1.82, 2.24) is 15.2 Å². The van der Waals surface area contributed by atoms with Gasteiger partial charge in [-0.3, -0.25) is 15.0 Å². The largest absolute Gasteiger partial charge is 0.493 e. The third kappa shape index (κ3) is 9.21. The molecule has 0 bridgehead atoms. The highest BCUT2D eigenvalue weighted by Crippen LogP contribution is 2.37. The number of benzene rings is 3. The average molecular weight is 644 g/mol. The number of methoxy groups -OCH3 is 1. The summed E-state index contributed by atoms with van der Waals surface area (Å²) in [5, 5.41) is 9.47. The molecule has 0 saturated carbocycles. The van der Waals surface area contributed by atoms with Gasteiger partial charge in [-0.1, -0.05) is 55.5 Å². The zero-order chi connectivity index (χ0) is 32.3. The number of aromatic nitrogens is 1. The molecule has 0 unspecified atom stereocenters. The van der Waals surface area contributed by atoms with Crippen molar-refractivity contribution in [2.45, 2.75) is 58.2 Å². The van der Waals surface area contributed by atoms with Crippen LogP contribution >= 0.6 is 11.3 Å². The second-order valence-corrected chi connectivity index (χ2v) is 12.1. The molecule has 5 rings (SSSR count). The van der Waals surface area contributed by atoms with Gasteiger partial charge in [0.1, 0.15) is 11.9 Å². The quantitative estimate of drug-likeness (QED) is 0.138. The predicted octanol–water partition coefficient (Wildman–Crippen LogP) is 7.55. The van der Waals surface area contributed by atoms with E-state index in [1.165, 1.54) is 30.2 Å². The fourth-order valence-electron chi connectivity index (χ4n) is 5.22. The van der Waals surface area contributed by atoms with Crippen LogP contribution in [-0.4, -0.2) is 54.2 Å². The van der Waals surface area contributed by atoms with Gasteiger partial charge in [-0.15, -0.1) is 0 Å². The van der Waals surface area contributed by atoms with Crippen LogP contribution in [0.4, 0.5) is 15.6 Å². The SMILES string of the molecule is CCC(CC)NC(=O)Nc1ccc(Oc2cnc(NC(=O)c3ccc(OC4CCN(Cc5ccccc5)CC4)cc3)s2)c(OC)c1. The maximum atomic E-state index is 12.9. The fraction of sp³-hybridized carbons (Fsp3) is 0.343. The second-order valence-electron chi connectivity index (χ2n) is 11.1. The number of thiazole rings is 1. The fourth-order valence-corrected chi connectivity index (χ4v) is 5.90. The van der Waals surface area contributed by atoms with Crippen molar-refractivity contribution in [3.8, 4) is 22.3 Å². The molecule has 0 radical (unpaired) electrons. The van der Waals surface area contributed by atoms with Crippen molar-refractivity contribution in [1.29, 1.82) is 0 Å². The molecule has 4 aromatic rings. The third-order valence-electron chi connectivity index (χ3n) is 7.86. The molecule has 3 amide bonds. The normalized spacial score (nSPS) is 13.7. The summed E-state index contributed by atoms with van der Waals surface area (Å²) in [5.74, 6) is 1.37. The van der Waals surface area contributed by atoms with E-state index in [1.54, 1.807) is 30.3 Å². The highest BCUT2D eigenvalue weighted by molar-refractivity contribution is 7.17. The maximum absolute atomic E-state index is 12.9. The van der Waals surface area contributed by atoms with Crippen LogP contribution in [0.5, 0.6) is 22.3 Å². The van der Waals surface area contributed by atoms with Crippen LogP contribution < -0.4 is 30.2 Å². The van der Waals surface area contributed by atoms with Crippen LogP contribution in [0.1, 0.15) is 55.5 Å². The van der Waals surface area contributed by atoms with Crippen LogP contribution in [0, 0.1) is 0 Å². The molecule has 1 saturated heterocycles. The monoisotopic (exact) mass is 643 g/mol.